The highest BCUT2D eigenvalue weighted by Crippen LogP contribution is 2.37. The third-order valence-electron chi connectivity index (χ3n) is 3.59. The summed E-state index contributed by atoms with van der Waals surface area (Å²) in [6, 6.07) is 9.69. The predicted molar refractivity (Wildman–Crippen MR) is 100 cm³/mol. The Morgan fingerprint density at radius 3 is 2.50 bits per heavy atom. The van der Waals surface area contributed by atoms with E-state index in [0.29, 0.717) is 9.34 Å². The molecule has 24 heavy (non-hydrogen) atoms. The Hall–Kier alpha value is -1.86. The second-order valence-electron chi connectivity index (χ2n) is 5.28. The van der Waals surface area contributed by atoms with Crippen LogP contribution in [0.2, 0.25) is 0 Å². The molecule has 0 aliphatic heterocycles. The first-order valence-electron chi connectivity index (χ1n) is 7.83. The zero-order valence-electron chi connectivity index (χ0n) is 13.7. The summed E-state index contributed by atoms with van der Waals surface area (Å²) in [7, 11) is 0. The van der Waals surface area contributed by atoms with Crippen molar-refractivity contribution < 1.29 is 9.59 Å². The van der Waals surface area contributed by atoms with Crippen LogP contribution in [0.5, 0.6) is 0 Å². The second kappa shape index (κ2) is 8.84. The van der Waals surface area contributed by atoms with Crippen molar-refractivity contribution in [2.24, 2.45) is 11.7 Å². The van der Waals surface area contributed by atoms with Crippen molar-refractivity contribution in [3.05, 3.63) is 30.3 Å². The molecule has 2 amide bonds. The molecule has 1 heterocycles. The number of primary amides is 1. The van der Waals surface area contributed by atoms with E-state index in [4.69, 9.17) is 5.73 Å². The maximum absolute atomic E-state index is 12.4. The first-order chi connectivity index (χ1) is 11.5. The van der Waals surface area contributed by atoms with Gasteiger partial charge in [0, 0.05) is 11.5 Å². The van der Waals surface area contributed by atoms with Crippen molar-refractivity contribution in [3.63, 3.8) is 0 Å². The fourth-order valence-corrected chi connectivity index (χ4v) is 4.05. The van der Waals surface area contributed by atoms with Gasteiger partial charge in [0.2, 0.25) is 11.8 Å². The highest BCUT2D eigenvalue weighted by atomic mass is 32.2. The molecule has 1 aromatic carbocycles. The monoisotopic (exact) mass is 363 g/mol. The standard InChI is InChI=1S/C17H21N3O2S2/c1-3-11(4-2)15(22)20-16-14(12-8-6-5-7-9-12)19-17(24-16)23-10-13(18)21/h5-9,11H,3-4,10H2,1-2H3,(H2,18,21)(H,20,22). The summed E-state index contributed by atoms with van der Waals surface area (Å²) in [4.78, 5) is 28.0. The number of amides is 2. The first kappa shape index (κ1) is 18.5. The molecule has 2 aromatic rings. The van der Waals surface area contributed by atoms with E-state index in [9.17, 15) is 9.59 Å². The molecule has 0 atom stereocenters. The van der Waals surface area contributed by atoms with Gasteiger partial charge in [0.1, 0.15) is 10.7 Å². The van der Waals surface area contributed by atoms with E-state index in [2.05, 4.69) is 10.3 Å². The van der Waals surface area contributed by atoms with E-state index in [1.54, 1.807) is 0 Å². The van der Waals surface area contributed by atoms with E-state index in [-0.39, 0.29) is 23.5 Å². The number of thiazole rings is 1. The summed E-state index contributed by atoms with van der Waals surface area (Å²) in [5.74, 6) is -0.231. The van der Waals surface area contributed by atoms with Crippen LogP contribution in [0.1, 0.15) is 26.7 Å². The van der Waals surface area contributed by atoms with Crippen molar-refractivity contribution in [1.82, 2.24) is 4.98 Å². The fourth-order valence-electron chi connectivity index (χ4n) is 2.24. The number of nitrogens with two attached hydrogens (primary N) is 1. The van der Waals surface area contributed by atoms with Gasteiger partial charge in [-0.1, -0.05) is 67.3 Å². The van der Waals surface area contributed by atoms with E-state index in [0.717, 1.165) is 24.1 Å². The molecule has 0 aliphatic carbocycles. The van der Waals surface area contributed by atoms with Crippen LogP contribution in [0.15, 0.2) is 34.7 Å². The molecule has 2 rings (SSSR count). The third-order valence-corrected chi connectivity index (χ3v) is 5.72. The Bertz CT molecular complexity index is 697. The van der Waals surface area contributed by atoms with E-state index < -0.39 is 0 Å². The molecular formula is C17H21N3O2S2. The van der Waals surface area contributed by atoms with Crippen molar-refractivity contribution in [1.29, 1.82) is 0 Å². The fraction of sp³-hybridized carbons (Fsp3) is 0.353. The first-order valence-corrected chi connectivity index (χ1v) is 9.63. The van der Waals surface area contributed by atoms with Crippen molar-refractivity contribution in [2.75, 3.05) is 11.1 Å². The van der Waals surface area contributed by atoms with Gasteiger partial charge in [0.05, 0.1) is 5.75 Å². The topological polar surface area (TPSA) is 85.1 Å². The maximum Gasteiger partial charge on any atom is 0.228 e. The molecule has 1 aromatic heterocycles. The van der Waals surface area contributed by atoms with Crippen LogP contribution >= 0.6 is 23.1 Å². The largest absolute Gasteiger partial charge is 0.369 e. The molecule has 0 saturated heterocycles. The molecule has 7 heteroatoms. The number of benzene rings is 1. The molecular weight excluding hydrogens is 342 g/mol. The van der Waals surface area contributed by atoms with Crippen molar-refractivity contribution in [2.45, 2.75) is 31.0 Å². The van der Waals surface area contributed by atoms with E-state index in [1.165, 1.54) is 23.1 Å². The zero-order valence-corrected chi connectivity index (χ0v) is 15.4. The number of aromatic nitrogens is 1. The second-order valence-corrected chi connectivity index (χ2v) is 7.50. The van der Waals surface area contributed by atoms with Gasteiger partial charge in [0.25, 0.3) is 0 Å². The number of nitrogens with zero attached hydrogens (tertiary/aromatic N) is 1. The Kier molecular flexibility index (Phi) is 6.81. The lowest BCUT2D eigenvalue weighted by Crippen LogP contribution is -2.21. The molecule has 0 aliphatic rings. The summed E-state index contributed by atoms with van der Waals surface area (Å²) in [6.07, 6.45) is 1.59. The lowest BCUT2D eigenvalue weighted by Gasteiger charge is -2.12. The summed E-state index contributed by atoms with van der Waals surface area (Å²) in [6.45, 7) is 4.01. The molecule has 0 fully saturated rings. The van der Waals surface area contributed by atoms with Crippen LogP contribution in [0, 0.1) is 5.92 Å². The number of carbonyl (C=O) groups excluding carboxylic acids is 2. The maximum atomic E-state index is 12.4. The van der Waals surface area contributed by atoms with Gasteiger partial charge in [0.15, 0.2) is 4.34 Å². The predicted octanol–water partition coefficient (Wildman–Crippen LogP) is 3.76. The minimum absolute atomic E-state index is 0.00674. The summed E-state index contributed by atoms with van der Waals surface area (Å²) < 4.78 is 0.715. The number of rotatable bonds is 8. The summed E-state index contributed by atoms with van der Waals surface area (Å²) in [5, 5.41) is 3.72. The van der Waals surface area contributed by atoms with Gasteiger partial charge in [-0.15, -0.1) is 0 Å². The van der Waals surface area contributed by atoms with Crippen LogP contribution in [-0.4, -0.2) is 22.6 Å². The van der Waals surface area contributed by atoms with Crippen LogP contribution in [0.3, 0.4) is 0 Å². The van der Waals surface area contributed by atoms with Crippen LogP contribution in [-0.2, 0) is 9.59 Å². The smallest absolute Gasteiger partial charge is 0.228 e. The summed E-state index contributed by atoms with van der Waals surface area (Å²) in [5.41, 5.74) is 6.86. The molecule has 0 unspecified atom stereocenters. The molecule has 0 radical (unpaired) electrons. The molecule has 3 N–H and O–H groups in total. The molecule has 0 bridgehead atoms. The number of hydrogen-bond acceptors (Lipinski definition) is 5. The van der Waals surface area contributed by atoms with Gasteiger partial charge in [-0.3, -0.25) is 9.59 Å². The lowest BCUT2D eigenvalue weighted by atomic mass is 10.0. The number of nitrogens with one attached hydrogen (secondary N) is 1. The average Bonchev–Trinajstić information content (AvgIpc) is 2.97. The number of hydrogen-bond donors (Lipinski definition) is 2. The lowest BCUT2D eigenvalue weighted by molar-refractivity contribution is -0.120. The highest BCUT2D eigenvalue weighted by molar-refractivity contribution is 8.01. The van der Waals surface area contributed by atoms with Gasteiger partial charge in [-0.05, 0) is 12.8 Å². The highest BCUT2D eigenvalue weighted by Gasteiger charge is 2.20. The van der Waals surface area contributed by atoms with Gasteiger partial charge < -0.3 is 11.1 Å². The zero-order chi connectivity index (χ0) is 17.5. The Labute approximate surface area is 150 Å². The third kappa shape index (κ3) is 4.82. The van der Waals surface area contributed by atoms with Crippen LogP contribution in [0.4, 0.5) is 5.00 Å². The summed E-state index contributed by atoms with van der Waals surface area (Å²) >= 11 is 2.66. The Morgan fingerprint density at radius 1 is 1.25 bits per heavy atom. The van der Waals surface area contributed by atoms with Crippen molar-refractivity contribution in [3.8, 4) is 11.3 Å². The SMILES string of the molecule is CCC(CC)C(=O)Nc1sc(SCC(N)=O)nc1-c1ccccc1. The van der Waals surface area contributed by atoms with Crippen LogP contribution in [0.25, 0.3) is 11.3 Å². The van der Waals surface area contributed by atoms with E-state index in [1.807, 2.05) is 44.2 Å². The normalized spacial score (nSPS) is 10.8. The molecule has 5 nitrogen and oxygen atoms in total. The Balaban J connectivity index is 2.30. The van der Waals surface area contributed by atoms with Gasteiger partial charge >= 0.3 is 0 Å². The average molecular weight is 364 g/mol. The molecule has 0 spiro atoms. The van der Waals surface area contributed by atoms with Gasteiger partial charge in [-0.25, -0.2) is 4.98 Å². The number of thioether (sulfide) groups is 1. The molecule has 128 valence electrons. The van der Waals surface area contributed by atoms with Gasteiger partial charge in [-0.2, -0.15) is 0 Å². The number of anilines is 1. The quantitative estimate of drug-likeness (QED) is 0.699. The van der Waals surface area contributed by atoms with Crippen molar-refractivity contribution >= 4 is 39.9 Å². The minimum Gasteiger partial charge on any atom is -0.369 e. The van der Waals surface area contributed by atoms with Crippen LogP contribution < -0.4 is 11.1 Å². The Morgan fingerprint density at radius 2 is 1.92 bits per heavy atom. The molecule has 0 saturated carbocycles. The number of carbonyl (C=O) groups is 2. The van der Waals surface area contributed by atoms with E-state index >= 15 is 0 Å². The minimum atomic E-state index is -0.390.